The van der Waals surface area contributed by atoms with Crippen LogP contribution in [-0.4, -0.2) is 86.0 Å². The van der Waals surface area contributed by atoms with Gasteiger partial charge in [-0.05, 0) is 80.8 Å². The summed E-state index contributed by atoms with van der Waals surface area (Å²) in [5.41, 5.74) is 6.16. The Morgan fingerprint density at radius 2 is 1.80 bits per heavy atom. The Kier molecular flexibility index (Phi) is 7.18. The molecule has 49 heavy (non-hydrogen) atoms. The van der Waals surface area contributed by atoms with Crippen LogP contribution in [0.25, 0.3) is 22.3 Å². The van der Waals surface area contributed by atoms with Crippen LogP contribution >= 0.6 is 0 Å². The average Bonchev–Trinajstić information content (AvgIpc) is 3.89. The van der Waals surface area contributed by atoms with Crippen LogP contribution < -0.4 is 20.9 Å². The third-order valence-electron chi connectivity index (χ3n) is 11.0. The number of benzene rings is 2. The highest BCUT2D eigenvalue weighted by Crippen LogP contribution is 2.41. The normalized spacial score (nSPS) is 26.0. The van der Waals surface area contributed by atoms with Crippen molar-refractivity contribution in [3.63, 3.8) is 0 Å². The molecule has 0 radical (unpaired) electrons. The summed E-state index contributed by atoms with van der Waals surface area (Å²) in [6, 6.07) is 12.1. The Bertz CT molecular complexity index is 2020. The van der Waals surface area contributed by atoms with Crippen LogP contribution in [0, 0.1) is 5.92 Å². The number of nitrogens with zero attached hydrogens (tertiary/aromatic N) is 6. The Labute approximate surface area is 282 Å². The summed E-state index contributed by atoms with van der Waals surface area (Å²) in [6.07, 6.45) is 11.5. The third kappa shape index (κ3) is 5.32. The summed E-state index contributed by atoms with van der Waals surface area (Å²) < 4.78 is 2.07. The van der Waals surface area contributed by atoms with Gasteiger partial charge in [0.15, 0.2) is 0 Å². The molecule has 2 aromatic carbocycles. The van der Waals surface area contributed by atoms with Gasteiger partial charge in [-0.3, -0.25) is 39.1 Å². The van der Waals surface area contributed by atoms with E-state index in [1.807, 2.05) is 12.4 Å². The minimum atomic E-state index is -0.963. The molecule has 3 atom stereocenters. The van der Waals surface area contributed by atoms with Crippen molar-refractivity contribution in [3.8, 4) is 11.3 Å². The molecule has 9 rings (SSSR count). The summed E-state index contributed by atoms with van der Waals surface area (Å²) in [5, 5.41) is 13.9. The van der Waals surface area contributed by atoms with Crippen LogP contribution in [-0.2, 0) is 9.59 Å². The second-order valence-electron chi connectivity index (χ2n) is 14.1. The van der Waals surface area contributed by atoms with Crippen LogP contribution in [0.5, 0.6) is 0 Å². The predicted octanol–water partition coefficient (Wildman–Crippen LogP) is 3.29. The van der Waals surface area contributed by atoms with E-state index < -0.39 is 23.8 Å². The molecule has 5 aliphatic rings. The lowest BCUT2D eigenvalue weighted by Crippen LogP contribution is -2.54. The van der Waals surface area contributed by atoms with Gasteiger partial charge in [0.1, 0.15) is 6.04 Å². The summed E-state index contributed by atoms with van der Waals surface area (Å²) in [5.74, 6) is -1.36. The molecule has 13 nitrogen and oxygen atoms in total. The van der Waals surface area contributed by atoms with Crippen LogP contribution in [0.4, 0.5) is 11.4 Å². The average molecular weight is 660 g/mol. The predicted molar refractivity (Wildman–Crippen MR) is 181 cm³/mol. The molecule has 4 fully saturated rings. The number of anilines is 2. The smallest absolute Gasteiger partial charge is 0.262 e. The number of piperazine rings is 1. The summed E-state index contributed by atoms with van der Waals surface area (Å²) in [7, 11) is 0. The van der Waals surface area contributed by atoms with Crippen molar-refractivity contribution in [3.05, 3.63) is 66.1 Å². The summed E-state index contributed by atoms with van der Waals surface area (Å²) in [4.78, 5) is 63.1. The van der Waals surface area contributed by atoms with Crippen molar-refractivity contribution >= 4 is 46.0 Å². The van der Waals surface area contributed by atoms with Gasteiger partial charge in [-0.15, -0.1) is 0 Å². The number of piperidine rings is 1. The zero-order valence-electron chi connectivity index (χ0n) is 27.0. The van der Waals surface area contributed by atoms with Crippen LogP contribution in [0.3, 0.4) is 0 Å². The molecule has 1 saturated carbocycles. The van der Waals surface area contributed by atoms with E-state index in [1.165, 1.54) is 12.1 Å². The van der Waals surface area contributed by atoms with Crippen LogP contribution in [0.15, 0.2) is 55.0 Å². The molecule has 3 N–H and O–H groups in total. The maximum atomic E-state index is 13.1. The van der Waals surface area contributed by atoms with Crippen LogP contribution in [0.1, 0.15) is 71.7 Å². The fourth-order valence-corrected chi connectivity index (χ4v) is 8.22. The zero-order chi connectivity index (χ0) is 33.2. The van der Waals surface area contributed by atoms with Crippen molar-refractivity contribution in [2.24, 2.45) is 5.92 Å². The Hall–Kier alpha value is -5.17. The number of fused-ring (bicyclic) bond motifs is 4. The molecule has 4 aromatic rings. The zero-order valence-corrected chi connectivity index (χ0v) is 27.0. The fourth-order valence-electron chi connectivity index (χ4n) is 8.22. The maximum absolute atomic E-state index is 13.1. The summed E-state index contributed by atoms with van der Waals surface area (Å²) >= 11 is 0. The number of aromatic nitrogens is 4. The first-order valence-corrected chi connectivity index (χ1v) is 17.3. The first-order valence-electron chi connectivity index (χ1n) is 17.3. The van der Waals surface area contributed by atoms with Gasteiger partial charge in [0, 0.05) is 61.3 Å². The lowest BCUT2D eigenvalue weighted by atomic mass is 9.77. The molecule has 4 amide bonds. The Morgan fingerprint density at radius 3 is 2.61 bits per heavy atom. The quantitative estimate of drug-likeness (QED) is 0.180. The minimum absolute atomic E-state index is 0.0980. The van der Waals surface area contributed by atoms with E-state index in [0.29, 0.717) is 24.0 Å². The number of imide groups is 2. The van der Waals surface area contributed by atoms with E-state index in [9.17, 15) is 19.2 Å². The third-order valence-corrected chi connectivity index (χ3v) is 11.0. The SMILES string of the molecule is O=C1CCC(N2C(=O)c3ccc(NCCCC4CC(n5cc(-c6cnc7ccc(N8C[C@H]9C[C@@H]8CN9)cc7n6)cn5)C4)cc3C2=O)C(=O)N1. The molecule has 6 heterocycles. The number of carbonyl (C=O) groups excluding carboxylic acids is 4. The monoisotopic (exact) mass is 659 g/mol. The highest BCUT2D eigenvalue weighted by Gasteiger charge is 2.44. The second-order valence-corrected chi connectivity index (χ2v) is 14.1. The largest absolute Gasteiger partial charge is 0.385 e. The molecule has 4 aliphatic heterocycles. The summed E-state index contributed by atoms with van der Waals surface area (Å²) in [6.45, 7) is 2.83. The second kappa shape index (κ2) is 11.8. The lowest BCUT2D eigenvalue weighted by molar-refractivity contribution is -0.136. The number of hydrogen-bond donors (Lipinski definition) is 3. The van der Waals surface area contributed by atoms with E-state index in [-0.39, 0.29) is 29.9 Å². The molecule has 1 unspecified atom stereocenters. The van der Waals surface area contributed by atoms with Gasteiger partial charge in [0.2, 0.25) is 11.8 Å². The van der Waals surface area contributed by atoms with Crippen molar-refractivity contribution in [2.75, 3.05) is 29.9 Å². The van der Waals surface area contributed by atoms with Crippen molar-refractivity contribution < 1.29 is 19.2 Å². The molecule has 1 aliphatic carbocycles. The Morgan fingerprint density at radius 1 is 0.918 bits per heavy atom. The molecule has 2 aromatic heterocycles. The number of amides is 4. The minimum Gasteiger partial charge on any atom is -0.385 e. The van der Waals surface area contributed by atoms with E-state index >= 15 is 0 Å². The van der Waals surface area contributed by atoms with E-state index in [1.54, 1.807) is 18.2 Å². The van der Waals surface area contributed by atoms with Gasteiger partial charge in [-0.1, -0.05) is 0 Å². The molecular weight excluding hydrogens is 622 g/mol. The highest BCUT2D eigenvalue weighted by atomic mass is 16.2. The Balaban J connectivity index is 0.764. The number of carbonyl (C=O) groups is 4. The topological polar surface area (TPSA) is 154 Å². The molecular formula is C36H37N9O4. The standard InChI is InChI=1S/C36H37N9O4/c46-33-8-7-32(34(47)42-33)45-35(48)27-5-3-22(13-28(27)36(45)49)37-9-1-2-20-10-25(11-20)44-18-21(15-40-44)31-17-39-29-6-4-24(14-30(29)41-31)43-19-23-12-26(43)16-38-23/h3-6,13-15,17-18,20,23,25-26,32,37-38H,1-2,7-12,16,19H2,(H,42,46,47)/t20?,23-,25?,26-,32?/m1/s1. The van der Waals surface area contributed by atoms with Gasteiger partial charge in [-0.2, -0.15) is 5.10 Å². The van der Waals surface area contributed by atoms with Crippen molar-refractivity contribution in [1.29, 1.82) is 0 Å². The highest BCUT2D eigenvalue weighted by molar-refractivity contribution is 6.23. The van der Waals surface area contributed by atoms with Crippen molar-refractivity contribution in [1.82, 2.24) is 35.3 Å². The van der Waals surface area contributed by atoms with E-state index in [4.69, 9.17) is 9.97 Å². The van der Waals surface area contributed by atoms with Gasteiger partial charge >= 0.3 is 0 Å². The molecule has 0 spiro atoms. The van der Waals surface area contributed by atoms with Crippen molar-refractivity contribution in [2.45, 2.75) is 69.1 Å². The van der Waals surface area contributed by atoms with Gasteiger partial charge in [0.25, 0.3) is 11.8 Å². The van der Waals surface area contributed by atoms with E-state index in [2.05, 4.69) is 55.0 Å². The van der Waals surface area contributed by atoms with Crippen LogP contribution in [0.2, 0.25) is 0 Å². The number of nitrogens with one attached hydrogen (secondary N) is 3. The van der Waals surface area contributed by atoms with Gasteiger partial charge in [-0.25, -0.2) is 4.98 Å². The maximum Gasteiger partial charge on any atom is 0.262 e. The first-order chi connectivity index (χ1) is 23.9. The first kappa shape index (κ1) is 29.9. The molecule has 3 saturated heterocycles. The molecule has 2 bridgehead atoms. The fraction of sp³-hybridized carbons (Fsp3) is 0.417. The van der Waals surface area contributed by atoms with Gasteiger partial charge in [0.05, 0.1) is 46.3 Å². The molecule has 13 heteroatoms. The van der Waals surface area contributed by atoms with Gasteiger partial charge < -0.3 is 15.5 Å². The number of hydrogen-bond acceptors (Lipinski definition) is 10. The van der Waals surface area contributed by atoms with E-state index in [0.717, 1.165) is 78.2 Å². The number of rotatable bonds is 9. The lowest BCUT2D eigenvalue weighted by Gasteiger charge is -2.35. The molecule has 250 valence electrons.